The van der Waals surface area contributed by atoms with Crippen molar-refractivity contribution in [2.24, 2.45) is 0 Å². The summed E-state index contributed by atoms with van der Waals surface area (Å²) >= 11 is 1.42. The Kier molecular flexibility index (Phi) is 6.59. The molecule has 2 aliphatic heterocycles. The molecular formula is C21H26N4O4S2. The van der Waals surface area contributed by atoms with Crippen LogP contribution in [0.4, 0.5) is 5.69 Å². The highest BCUT2D eigenvalue weighted by Crippen LogP contribution is 2.23. The first-order valence-corrected chi connectivity index (χ1v) is 12.7. The molecule has 1 aromatic heterocycles. The molecule has 0 bridgehead atoms. The Hall–Kier alpha value is -2.43. The van der Waals surface area contributed by atoms with Crippen molar-refractivity contribution in [2.75, 3.05) is 51.1 Å². The number of piperazine rings is 1. The van der Waals surface area contributed by atoms with E-state index in [1.807, 2.05) is 17.5 Å². The van der Waals surface area contributed by atoms with E-state index < -0.39 is 10.0 Å². The molecular weight excluding hydrogens is 436 g/mol. The van der Waals surface area contributed by atoms with Gasteiger partial charge >= 0.3 is 0 Å². The Balaban J connectivity index is 1.30. The average Bonchev–Trinajstić information content (AvgIpc) is 3.52. The average molecular weight is 463 g/mol. The van der Waals surface area contributed by atoms with Crippen LogP contribution in [-0.4, -0.2) is 80.2 Å². The molecule has 0 spiro atoms. The summed E-state index contributed by atoms with van der Waals surface area (Å²) in [4.78, 5) is 29.5. The van der Waals surface area contributed by atoms with E-state index >= 15 is 0 Å². The Bertz CT molecular complexity index is 1030. The van der Waals surface area contributed by atoms with E-state index in [9.17, 15) is 18.0 Å². The summed E-state index contributed by atoms with van der Waals surface area (Å²) in [5.74, 6) is -0.0627. The van der Waals surface area contributed by atoms with Gasteiger partial charge in [0.25, 0.3) is 5.91 Å². The number of thiophene rings is 1. The molecule has 10 heteroatoms. The van der Waals surface area contributed by atoms with Crippen molar-refractivity contribution in [3.8, 4) is 0 Å². The SMILES string of the molecule is O=C(CNc1cccc(S(=O)(=O)N2CCCC2)c1)N1CCN(C(=O)c2cccs2)CC1. The molecule has 1 aromatic carbocycles. The fourth-order valence-electron chi connectivity index (χ4n) is 3.85. The quantitative estimate of drug-likeness (QED) is 0.709. The minimum absolute atomic E-state index is 0.0104. The van der Waals surface area contributed by atoms with Crippen LogP contribution in [0, 0.1) is 0 Å². The number of hydrogen-bond acceptors (Lipinski definition) is 6. The van der Waals surface area contributed by atoms with E-state index in [2.05, 4.69) is 5.32 Å². The molecule has 0 unspecified atom stereocenters. The molecule has 31 heavy (non-hydrogen) atoms. The minimum Gasteiger partial charge on any atom is -0.376 e. The van der Waals surface area contributed by atoms with E-state index in [0.29, 0.717) is 49.8 Å². The summed E-state index contributed by atoms with van der Waals surface area (Å²) in [6, 6.07) is 10.3. The van der Waals surface area contributed by atoms with Crippen LogP contribution in [0.1, 0.15) is 22.5 Å². The van der Waals surface area contributed by atoms with Gasteiger partial charge in [-0.15, -0.1) is 11.3 Å². The topological polar surface area (TPSA) is 90.0 Å². The molecule has 1 N–H and O–H groups in total. The highest BCUT2D eigenvalue weighted by atomic mass is 32.2. The molecule has 2 aromatic rings. The van der Waals surface area contributed by atoms with Crippen LogP contribution in [0.5, 0.6) is 0 Å². The molecule has 4 rings (SSSR count). The van der Waals surface area contributed by atoms with Crippen molar-refractivity contribution in [1.29, 1.82) is 0 Å². The lowest BCUT2D eigenvalue weighted by Crippen LogP contribution is -2.51. The highest BCUT2D eigenvalue weighted by molar-refractivity contribution is 7.89. The Labute approximate surface area is 186 Å². The minimum atomic E-state index is -3.49. The van der Waals surface area contributed by atoms with Gasteiger partial charge in [-0.3, -0.25) is 9.59 Å². The molecule has 0 radical (unpaired) electrons. The number of hydrogen-bond donors (Lipinski definition) is 1. The monoisotopic (exact) mass is 462 g/mol. The molecule has 0 saturated carbocycles. The molecule has 8 nitrogen and oxygen atoms in total. The lowest BCUT2D eigenvalue weighted by atomic mass is 10.2. The molecule has 0 atom stereocenters. The second-order valence-electron chi connectivity index (χ2n) is 7.64. The Morgan fingerprint density at radius 1 is 0.935 bits per heavy atom. The number of rotatable bonds is 6. The van der Waals surface area contributed by atoms with Gasteiger partial charge in [-0.1, -0.05) is 12.1 Å². The van der Waals surface area contributed by atoms with Crippen molar-refractivity contribution in [1.82, 2.24) is 14.1 Å². The zero-order valence-corrected chi connectivity index (χ0v) is 18.8. The van der Waals surface area contributed by atoms with Crippen molar-refractivity contribution in [3.05, 3.63) is 46.7 Å². The van der Waals surface area contributed by atoms with E-state index in [-0.39, 0.29) is 23.3 Å². The number of nitrogens with zero attached hydrogens (tertiary/aromatic N) is 3. The van der Waals surface area contributed by atoms with Gasteiger partial charge in [-0.25, -0.2) is 8.42 Å². The molecule has 2 amide bonds. The summed E-state index contributed by atoms with van der Waals surface area (Å²) < 4.78 is 27.0. The van der Waals surface area contributed by atoms with Crippen LogP contribution in [0.25, 0.3) is 0 Å². The van der Waals surface area contributed by atoms with Crippen LogP contribution in [0.15, 0.2) is 46.7 Å². The number of sulfonamides is 1. The predicted molar refractivity (Wildman–Crippen MR) is 120 cm³/mol. The molecule has 3 heterocycles. The molecule has 0 aliphatic carbocycles. The fourth-order valence-corrected chi connectivity index (χ4v) is 6.10. The van der Waals surface area contributed by atoms with Crippen LogP contribution >= 0.6 is 11.3 Å². The normalized spacial score (nSPS) is 17.7. The number of carbonyl (C=O) groups excluding carboxylic acids is 2. The van der Waals surface area contributed by atoms with Gasteiger partial charge in [0.15, 0.2) is 0 Å². The molecule has 2 aliphatic rings. The number of amides is 2. The maximum Gasteiger partial charge on any atom is 0.264 e. The third-order valence-electron chi connectivity index (χ3n) is 5.63. The largest absolute Gasteiger partial charge is 0.376 e. The van der Waals surface area contributed by atoms with Gasteiger partial charge in [-0.2, -0.15) is 4.31 Å². The number of nitrogens with one attached hydrogen (secondary N) is 1. The maximum atomic E-state index is 12.7. The van der Waals surface area contributed by atoms with Crippen LogP contribution < -0.4 is 5.32 Å². The Morgan fingerprint density at radius 3 is 2.32 bits per heavy atom. The fraction of sp³-hybridized carbons (Fsp3) is 0.429. The van der Waals surface area contributed by atoms with Crippen LogP contribution in [0.2, 0.25) is 0 Å². The second kappa shape index (κ2) is 9.37. The predicted octanol–water partition coefficient (Wildman–Crippen LogP) is 1.93. The number of anilines is 1. The van der Waals surface area contributed by atoms with E-state index in [1.54, 1.807) is 34.1 Å². The van der Waals surface area contributed by atoms with Gasteiger partial charge in [-0.05, 0) is 42.5 Å². The lowest BCUT2D eigenvalue weighted by molar-refractivity contribution is -0.130. The van der Waals surface area contributed by atoms with Gasteiger partial charge < -0.3 is 15.1 Å². The van der Waals surface area contributed by atoms with Gasteiger partial charge in [0.05, 0.1) is 16.3 Å². The van der Waals surface area contributed by atoms with E-state index in [0.717, 1.165) is 12.8 Å². The van der Waals surface area contributed by atoms with E-state index in [4.69, 9.17) is 0 Å². The zero-order chi connectivity index (χ0) is 21.8. The third-order valence-corrected chi connectivity index (χ3v) is 8.38. The van der Waals surface area contributed by atoms with Crippen molar-refractivity contribution in [2.45, 2.75) is 17.7 Å². The standard InChI is InChI=1S/C21H26N4O4S2/c26-20(23-10-12-24(13-11-23)21(27)19-7-4-14-30-19)16-22-17-5-3-6-18(15-17)31(28,29)25-8-1-2-9-25/h3-7,14-15,22H,1-2,8-13,16H2. The maximum absolute atomic E-state index is 12.7. The first-order chi connectivity index (χ1) is 14.9. The van der Waals surface area contributed by atoms with Gasteiger partial charge in [0, 0.05) is 45.0 Å². The first kappa shape index (κ1) is 21.8. The first-order valence-electron chi connectivity index (χ1n) is 10.4. The smallest absolute Gasteiger partial charge is 0.264 e. The summed E-state index contributed by atoms with van der Waals surface area (Å²) in [5.41, 5.74) is 0.597. The summed E-state index contributed by atoms with van der Waals surface area (Å²) in [6.07, 6.45) is 1.77. The molecule has 2 saturated heterocycles. The van der Waals surface area contributed by atoms with E-state index in [1.165, 1.54) is 15.6 Å². The van der Waals surface area contributed by atoms with Crippen molar-refractivity contribution < 1.29 is 18.0 Å². The molecule has 2 fully saturated rings. The van der Waals surface area contributed by atoms with Crippen molar-refractivity contribution >= 4 is 38.9 Å². The number of carbonyl (C=O) groups is 2. The van der Waals surface area contributed by atoms with Gasteiger partial charge in [0.2, 0.25) is 15.9 Å². The van der Waals surface area contributed by atoms with Gasteiger partial charge in [0.1, 0.15) is 0 Å². The van der Waals surface area contributed by atoms with Crippen LogP contribution in [0.3, 0.4) is 0 Å². The lowest BCUT2D eigenvalue weighted by Gasteiger charge is -2.34. The highest BCUT2D eigenvalue weighted by Gasteiger charge is 2.28. The van der Waals surface area contributed by atoms with Crippen molar-refractivity contribution in [3.63, 3.8) is 0 Å². The summed E-state index contributed by atoms with van der Waals surface area (Å²) in [7, 11) is -3.49. The summed E-state index contributed by atoms with van der Waals surface area (Å²) in [6.45, 7) is 3.17. The Morgan fingerprint density at radius 2 is 1.65 bits per heavy atom. The summed E-state index contributed by atoms with van der Waals surface area (Å²) in [5, 5.41) is 4.93. The second-order valence-corrected chi connectivity index (χ2v) is 10.5. The number of benzene rings is 1. The third kappa shape index (κ3) is 4.91. The molecule has 166 valence electrons. The zero-order valence-electron chi connectivity index (χ0n) is 17.2. The van der Waals surface area contributed by atoms with Crippen LogP contribution in [-0.2, 0) is 14.8 Å².